The van der Waals surface area contributed by atoms with Gasteiger partial charge < -0.3 is 14.2 Å². The van der Waals surface area contributed by atoms with Crippen LogP contribution in [0.15, 0.2) is 24.3 Å². The molecule has 1 aromatic carbocycles. The van der Waals surface area contributed by atoms with Crippen molar-refractivity contribution in [2.45, 2.75) is 58.1 Å². The highest BCUT2D eigenvalue weighted by Crippen LogP contribution is 2.29. The Morgan fingerprint density at radius 1 is 1.22 bits per heavy atom. The van der Waals surface area contributed by atoms with Crippen LogP contribution in [0.2, 0.25) is 0 Å². The molecule has 1 fully saturated rings. The average molecular weight is 368 g/mol. The number of fused-ring (bicyclic) bond motifs is 1. The van der Waals surface area contributed by atoms with E-state index >= 15 is 0 Å². The lowest BCUT2D eigenvalue weighted by molar-refractivity contribution is 0.0146. The number of hydrogen-bond acceptors (Lipinski definition) is 4. The zero-order valence-electron chi connectivity index (χ0n) is 16.2. The zero-order valence-corrected chi connectivity index (χ0v) is 16.2. The lowest BCUT2D eigenvalue weighted by Crippen LogP contribution is -2.40. The van der Waals surface area contributed by atoms with E-state index in [9.17, 15) is 4.79 Å². The molecule has 1 atom stereocenters. The summed E-state index contributed by atoms with van der Waals surface area (Å²) in [5.74, 6) is 2.60. The molecule has 2 aliphatic rings. The second-order valence-corrected chi connectivity index (χ2v) is 7.58. The van der Waals surface area contributed by atoms with Crippen molar-refractivity contribution in [3.05, 3.63) is 47.0 Å². The van der Waals surface area contributed by atoms with E-state index in [-0.39, 0.29) is 5.91 Å². The molecule has 0 spiro atoms. The molecule has 6 heteroatoms. The molecule has 0 aliphatic carbocycles. The lowest BCUT2D eigenvalue weighted by atomic mass is 9.90. The summed E-state index contributed by atoms with van der Waals surface area (Å²) < 4.78 is 7.91. The maximum absolute atomic E-state index is 13.0. The Bertz CT molecular complexity index is 808. The van der Waals surface area contributed by atoms with E-state index in [0.29, 0.717) is 12.0 Å². The highest BCUT2D eigenvalue weighted by molar-refractivity contribution is 5.94. The Kier molecular flexibility index (Phi) is 5.25. The number of aryl methyl sites for hydroxylation is 2. The van der Waals surface area contributed by atoms with Crippen LogP contribution in [0.25, 0.3) is 0 Å². The third kappa shape index (κ3) is 3.76. The maximum Gasteiger partial charge on any atom is 0.253 e. The summed E-state index contributed by atoms with van der Waals surface area (Å²) >= 11 is 0. The van der Waals surface area contributed by atoms with Gasteiger partial charge in [0.05, 0.1) is 6.10 Å². The molecule has 0 bridgehead atoms. The Morgan fingerprint density at radius 2 is 2.04 bits per heavy atom. The highest BCUT2D eigenvalue weighted by atomic mass is 16.5. The number of ether oxygens (including phenoxy) is 1. The minimum atomic E-state index is 0.142. The Morgan fingerprint density at radius 3 is 2.81 bits per heavy atom. The summed E-state index contributed by atoms with van der Waals surface area (Å²) in [5.41, 5.74) is 2.04. The third-order valence-electron chi connectivity index (χ3n) is 5.87. The molecular formula is C21H28N4O2. The SMILES string of the molecule is CCOC1CCN(C(=O)c2cccc([C@@H]3CCc4nnc(C)n4C3)c2)CC1. The van der Waals surface area contributed by atoms with Crippen LogP contribution in [0.5, 0.6) is 0 Å². The fraction of sp³-hybridized carbons (Fsp3) is 0.571. The summed E-state index contributed by atoms with van der Waals surface area (Å²) in [5, 5.41) is 8.45. The molecule has 1 aromatic heterocycles. The number of nitrogens with zero attached hydrogens (tertiary/aromatic N) is 4. The van der Waals surface area contributed by atoms with Gasteiger partial charge in [-0.3, -0.25) is 4.79 Å². The van der Waals surface area contributed by atoms with Gasteiger partial charge in [0.2, 0.25) is 0 Å². The van der Waals surface area contributed by atoms with Crippen molar-refractivity contribution in [2.75, 3.05) is 19.7 Å². The van der Waals surface area contributed by atoms with Gasteiger partial charge in [-0.25, -0.2) is 0 Å². The number of benzene rings is 1. The second kappa shape index (κ2) is 7.80. The number of carbonyl (C=O) groups is 1. The van der Waals surface area contributed by atoms with Crippen molar-refractivity contribution in [2.24, 2.45) is 0 Å². The van der Waals surface area contributed by atoms with Crippen molar-refractivity contribution in [3.63, 3.8) is 0 Å². The van der Waals surface area contributed by atoms with E-state index in [1.165, 1.54) is 5.56 Å². The monoisotopic (exact) mass is 368 g/mol. The maximum atomic E-state index is 13.0. The number of piperidine rings is 1. The smallest absolute Gasteiger partial charge is 0.253 e. The van der Waals surface area contributed by atoms with Gasteiger partial charge in [0.1, 0.15) is 11.6 Å². The molecule has 27 heavy (non-hydrogen) atoms. The van der Waals surface area contributed by atoms with Gasteiger partial charge >= 0.3 is 0 Å². The van der Waals surface area contributed by atoms with Crippen LogP contribution in [0.1, 0.15) is 59.7 Å². The van der Waals surface area contributed by atoms with Gasteiger partial charge in [0, 0.05) is 44.1 Å². The molecular weight excluding hydrogens is 340 g/mol. The molecule has 144 valence electrons. The van der Waals surface area contributed by atoms with E-state index in [1.54, 1.807) is 0 Å². The van der Waals surface area contributed by atoms with Crippen LogP contribution >= 0.6 is 0 Å². The van der Waals surface area contributed by atoms with Gasteiger partial charge in [-0.15, -0.1) is 10.2 Å². The molecule has 1 amide bonds. The molecule has 0 radical (unpaired) electrons. The number of likely N-dealkylation sites (tertiary alicyclic amines) is 1. The largest absolute Gasteiger partial charge is 0.378 e. The second-order valence-electron chi connectivity index (χ2n) is 7.58. The highest BCUT2D eigenvalue weighted by Gasteiger charge is 2.26. The van der Waals surface area contributed by atoms with Crippen LogP contribution in [0.4, 0.5) is 0 Å². The molecule has 2 aliphatic heterocycles. The van der Waals surface area contributed by atoms with Crippen LogP contribution in [-0.2, 0) is 17.7 Å². The van der Waals surface area contributed by atoms with E-state index in [4.69, 9.17) is 4.74 Å². The van der Waals surface area contributed by atoms with Crippen LogP contribution in [0, 0.1) is 6.92 Å². The first-order valence-corrected chi connectivity index (χ1v) is 10.0. The zero-order chi connectivity index (χ0) is 18.8. The summed E-state index contributed by atoms with van der Waals surface area (Å²) in [6, 6.07) is 8.20. The topological polar surface area (TPSA) is 60.2 Å². The fourth-order valence-electron chi connectivity index (χ4n) is 4.30. The standard InChI is InChI=1S/C21H28N4O2/c1-3-27-19-9-11-24(12-10-19)21(26)17-6-4-5-16(13-17)18-7-8-20-23-22-15(2)25(20)14-18/h4-6,13,18-19H,3,7-12,14H2,1-2H3/t18-/m1/s1. The lowest BCUT2D eigenvalue weighted by Gasteiger charge is -2.32. The quantitative estimate of drug-likeness (QED) is 0.832. The van der Waals surface area contributed by atoms with E-state index < -0.39 is 0 Å². The van der Waals surface area contributed by atoms with Gasteiger partial charge in [0.15, 0.2) is 0 Å². The summed E-state index contributed by atoms with van der Waals surface area (Å²) in [6.45, 7) is 7.23. The number of carbonyl (C=O) groups excluding carboxylic acids is 1. The molecule has 0 unspecified atom stereocenters. The molecule has 2 aromatic rings. The first-order valence-electron chi connectivity index (χ1n) is 10.0. The molecule has 4 rings (SSSR count). The molecule has 1 saturated heterocycles. The number of hydrogen-bond donors (Lipinski definition) is 0. The predicted octanol–water partition coefficient (Wildman–Crippen LogP) is 2.96. The minimum Gasteiger partial charge on any atom is -0.378 e. The number of rotatable bonds is 4. The average Bonchev–Trinajstić information content (AvgIpc) is 3.09. The molecule has 0 N–H and O–H groups in total. The molecule has 3 heterocycles. The first kappa shape index (κ1) is 18.2. The van der Waals surface area contributed by atoms with Crippen molar-refractivity contribution >= 4 is 5.91 Å². The Balaban J connectivity index is 1.45. The summed E-state index contributed by atoms with van der Waals surface area (Å²) in [4.78, 5) is 14.9. The number of amides is 1. The van der Waals surface area contributed by atoms with Crippen molar-refractivity contribution < 1.29 is 9.53 Å². The Labute approximate surface area is 160 Å². The van der Waals surface area contributed by atoms with Crippen LogP contribution < -0.4 is 0 Å². The van der Waals surface area contributed by atoms with Crippen molar-refractivity contribution in [1.82, 2.24) is 19.7 Å². The molecule has 6 nitrogen and oxygen atoms in total. The fourth-order valence-corrected chi connectivity index (χ4v) is 4.30. The van der Waals surface area contributed by atoms with Crippen molar-refractivity contribution in [1.29, 1.82) is 0 Å². The van der Waals surface area contributed by atoms with Gasteiger partial charge in [-0.1, -0.05) is 12.1 Å². The third-order valence-corrected chi connectivity index (χ3v) is 5.87. The van der Waals surface area contributed by atoms with Crippen molar-refractivity contribution in [3.8, 4) is 0 Å². The van der Waals surface area contributed by atoms with Crippen LogP contribution in [-0.4, -0.2) is 51.4 Å². The summed E-state index contributed by atoms with van der Waals surface area (Å²) in [7, 11) is 0. The van der Waals surface area contributed by atoms with E-state index in [2.05, 4.69) is 26.9 Å². The van der Waals surface area contributed by atoms with Crippen LogP contribution in [0.3, 0.4) is 0 Å². The minimum absolute atomic E-state index is 0.142. The van der Waals surface area contributed by atoms with Gasteiger partial charge in [-0.2, -0.15) is 0 Å². The molecule has 0 saturated carbocycles. The number of aromatic nitrogens is 3. The normalized spacial score (nSPS) is 20.5. The summed E-state index contributed by atoms with van der Waals surface area (Å²) in [6.07, 6.45) is 4.15. The Hall–Kier alpha value is -2.21. The first-order chi connectivity index (χ1) is 13.2. The van der Waals surface area contributed by atoms with Gasteiger partial charge in [0.25, 0.3) is 5.91 Å². The predicted molar refractivity (Wildman–Crippen MR) is 103 cm³/mol. The van der Waals surface area contributed by atoms with E-state index in [1.807, 2.05) is 30.9 Å². The van der Waals surface area contributed by atoms with E-state index in [0.717, 1.165) is 69.1 Å². The van der Waals surface area contributed by atoms with Gasteiger partial charge in [-0.05, 0) is 50.8 Å².